The molecule has 32 heavy (non-hydrogen) atoms. The first kappa shape index (κ1) is 23.8. The van der Waals surface area contributed by atoms with Crippen molar-refractivity contribution in [3.05, 3.63) is 52.6 Å². The molecular formula is C23H27ClFN3O4. The average molecular weight is 464 g/mol. The van der Waals surface area contributed by atoms with E-state index >= 15 is 0 Å². The molecule has 1 aromatic heterocycles. The van der Waals surface area contributed by atoms with Gasteiger partial charge >= 0.3 is 0 Å². The summed E-state index contributed by atoms with van der Waals surface area (Å²) in [6.45, 7) is 7.20. The normalized spacial score (nSPS) is 21.9. The number of rotatable bonds is 8. The van der Waals surface area contributed by atoms with Gasteiger partial charge in [0.1, 0.15) is 17.3 Å². The Hall–Kier alpha value is -2.87. The van der Waals surface area contributed by atoms with Gasteiger partial charge in [-0.05, 0) is 52.7 Å². The molecule has 0 bridgehead atoms. The molecule has 0 saturated heterocycles. The van der Waals surface area contributed by atoms with Crippen LogP contribution in [0.2, 0.25) is 5.02 Å². The number of nitrogens with zero attached hydrogens (tertiary/aromatic N) is 1. The first-order valence-corrected chi connectivity index (χ1v) is 10.6. The molecule has 0 spiro atoms. The zero-order valence-corrected chi connectivity index (χ0v) is 19.3. The van der Waals surface area contributed by atoms with Gasteiger partial charge in [0.05, 0.1) is 5.02 Å². The second kappa shape index (κ2) is 9.32. The van der Waals surface area contributed by atoms with Gasteiger partial charge in [-0.15, -0.1) is 0 Å². The maximum atomic E-state index is 13.5. The lowest BCUT2D eigenvalue weighted by atomic mass is 9.64. The van der Waals surface area contributed by atoms with Crippen molar-refractivity contribution in [2.75, 3.05) is 13.2 Å². The third kappa shape index (κ3) is 6.32. The Kier molecular flexibility index (Phi) is 6.93. The molecule has 0 radical (unpaired) electrons. The van der Waals surface area contributed by atoms with E-state index in [4.69, 9.17) is 21.1 Å². The fourth-order valence-corrected chi connectivity index (χ4v) is 4.45. The molecule has 3 rings (SSSR count). The number of nitrogens with one attached hydrogen (secondary N) is 2. The highest BCUT2D eigenvalue weighted by Crippen LogP contribution is 2.40. The number of aryl methyl sites for hydroxylation is 2. The predicted molar refractivity (Wildman–Crippen MR) is 118 cm³/mol. The topological polar surface area (TPSA) is 89.6 Å². The minimum absolute atomic E-state index is 0.0125. The maximum Gasteiger partial charge on any atom is 0.258 e. The monoisotopic (exact) mass is 463 g/mol. The van der Waals surface area contributed by atoms with Gasteiger partial charge in [-0.25, -0.2) is 4.39 Å². The van der Waals surface area contributed by atoms with Gasteiger partial charge in [0, 0.05) is 40.7 Å². The highest BCUT2D eigenvalue weighted by Gasteiger charge is 2.50. The maximum absolute atomic E-state index is 13.5. The summed E-state index contributed by atoms with van der Waals surface area (Å²) in [6.07, 6.45) is 1.11. The first-order valence-electron chi connectivity index (χ1n) is 10.2. The van der Waals surface area contributed by atoms with Crippen LogP contribution < -0.4 is 20.1 Å². The molecule has 2 amide bonds. The molecule has 9 heteroatoms. The van der Waals surface area contributed by atoms with E-state index in [9.17, 15) is 14.0 Å². The largest absolute Gasteiger partial charge is 0.484 e. The van der Waals surface area contributed by atoms with Crippen LogP contribution in [0, 0.1) is 19.7 Å². The van der Waals surface area contributed by atoms with Gasteiger partial charge in [-0.3, -0.25) is 14.6 Å². The van der Waals surface area contributed by atoms with E-state index in [-0.39, 0.29) is 35.8 Å². The molecule has 1 heterocycles. The Morgan fingerprint density at radius 1 is 0.969 bits per heavy atom. The molecule has 0 unspecified atom stereocenters. The quantitative estimate of drug-likeness (QED) is 0.625. The Bertz CT molecular complexity index is 1000. The van der Waals surface area contributed by atoms with Crippen LogP contribution in [0.4, 0.5) is 4.39 Å². The van der Waals surface area contributed by atoms with E-state index in [1.807, 2.05) is 27.7 Å². The fourth-order valence-electron chi connectivity index (χ4n) is 4.34. The zero-order valence-electron chi connectivity index (χ0n) is 18.6. The third-order valence-corrected chi connectivity index (χ3v) is 5.44. The third-order valence-electron chi connectivity index (χ3n) is 5.13. The van der Waals surface area contributed by atoms with Crippen molar-refractivity contribution in [2.45, 2.75) is 51.6 Å². The van der Waals surface area contributed by atoms with Crippen LogP contribution in [0.15, 0.2) is 30.3 Å². The number of hydrogen-bond donors (Lipinski definition) is 2. The second-order valence-corrected chi connectivity index (χ2v) is 9.22. The summed E-state index contributed by atoms with van der Waals surface area (Å²) in [4.78, 5) is 28.9. The van der Waals surface area contributed by atoms with Crippen LogP contribution in [-0.2, 0) is 9.59 Å². The van der Waals surface area contributed by atoms with E-state index in [1.54, 1.807) is 12.1 Å². The summed E-state index contributed by atoms with van der Waals surface area (Å²) in [5, 5.41) is 5.88. The van der Waals surface area contributed by atoms with Crippen molar-refractivity contribution < 1.29 is 23.5 Å². The SMILES string of the molecule is Cc1cc(OCC(=O)NC2(C)CC(C)(NC(=O)COc3ccc(Cl)c(F)c3)C2)cc(C)n1. The lowest BCUT2D eigenvalue weighted by Crippen LogP contribution is -2.69. The summed E-state index contributed by atoms with van der Waals surface area (Å²) < 4.78 is 24.4. The predicted octanol–water partition coefficient (Wildman–Crippen LogP) is 3.49. The Morgan fingerprint density at radius 2 is 1.47 bits per heavy atom. The number of hydrogen-bond acceptors (Lipinski definition) is 5. The number of carbonyl (C=O) groups excluding carboxylic acids is 2. The molecule has 1 aromatic carbocycles. The Labute approximate surface area is 191 Å². The lowest BCUT2D eigenvalue weighted by Gasteiger charge is -2.53. The molecule has 0 atom stereocenters. The van der Waals surface area contributed by atoms with Crippen molar-refractivity contribution in [3.8, 4) is 11.5 Å². The number of aromatic nitrogens is 1. The molecule has 172 valence electrons. The van der Waals surface area contributed by atoms with Crippen molar-refractivity contribution in [2.24, 2.45) is 0 Å². The molecule has 1 aliphatic rings. The van der Waals surface area contributed by atoms with Gasteiger partial charge in [0.15, 0.2) is 13.2 Å². The van der Waals surface area contributed by atoms with Gasteiger partial charge in [-0.1, -0.05) is 11.6 Å². The van der Waals surface area contributed by atoms with Crippen LogP contribution in [0.3, 0.4) is 0 Å². The van der Waals surface area contributed by atoms with E-state index in [2.05, 4.69) is 15.6 Å². The van der Waals surface area contributed by atoms with E-state index in [0.29, 0.717) is 18.6 Å². The summed E-state index contributed by atoms with van der Waals surface area (Å²) in [6, 6.07) is 7.54. The van der Waals surface area contributed by atoms with Crippen molar-refractivity contribution in [1.29, 1.82) is 0 Å². The van der Waals surface area contributed by atoms with Crippen LogP contribution in [-0.4, -0.2) is 41.1 Å². The molecule has 2 N–H and O–H groups in total. The highest BCUT2D eigenvalue weighted by atomic mass is 35.5. The lowest BCUT2D eigenvalue weighted by molar-refractivity contribution is -0.129. The summed E-state index contributed by atoms with van der Waals surface area (Å²) in [5.74, 6) is -0.358. The van der Waals surface area contributed by atoms with Crippen molar-refractivity contribution >= 4 is 23.4 Å². The molecule has 1 saturated carbocycles. The number of ether oxygens (including phenoxy) is 2. The number of benzene rings is 1. The molecule has 1 aliphatic carbocycles. The zero-order chi connectivity index (χ0) is 23.5. The van der Waals surface area contributed by atoms with Gasteiger partial charge in [0.25, 0.3) is 11.8 Å². The summed E-state index contributed by atoms with van der Waals surface area (Å²) >= 11 is 5.63. The number of halogens is 2. The summed E-state index contributed by atoms with van der Waals surface area (Å²) in [7, 11) is 0. The van der Waals surface area contributed by atoms with Crippen LogP contribution in [0.25, 0.3) is 0 Å². The Morgan fingerprint density at radius 3 is 1.97 bits per heavy atom. The van der Waals surface area contributed by atoms with Gasteiger partial charge < -0.3 is 20.1 Å². The van der Waals surface area contributed by atoms with Crippen molar-refractivity contribution in [3.63, 3.8) is 0 Å². The molecule has 7 nitrogen and oxygen atoms in total. The van der Waals surface area contributed by atoms with Gasteiger partial charge in [0.2, 0.25) is 0 Å². The smallest absolute Gasteiger partial charge is 0.258 e. The minimum Gasteiger partial charge on any atom is -0.484 e. The minimum atomic E-state index is -0.611. The molecule has 2 aromatic rings. The van der Waals surface area contributed by atoms with Crippen LogP contribution in [0.5, 0.6) is 11.5 Å². The summed E-state index contributed by atoms with van der Waals surface area (Å²) in [5.41, 5.74) is 0.715. The molecule has 0 aliphatic heterocycles. The van der Waals surface area contributed by atoms with Crippen molar-refractivity contribution in [1.82, 2.24) is 15.6 Å². The number of pyridine rings is 1. The van der Waals surface area contributed by atoms with E-state index in [1.165, 1.54) is 12.1 Å². The molecular weight excluding hydrogens is 437 g/mol. The molecule has 1 fully saturated rings. The second-order valence-electron chi connectivity index (χ2n) is 8.81. The van der Waals surface area contributed by atoms with E-state index < -0.39 is 16.9 Å². The van der Waals surface area contributed by atoms with Crippen LogP contribution >= 0.6 is 11.6 Å². The first-order chi connectivity index (χ1) is 15.0. The van der Waals surface area contributed by atoms with E-state index in [0.717, 1.165) is 17.5 Å². The fraction of sp³-hybridized carbons (Fsp3) is 0.435. The van der Waals surface area contributed by atoms with Gasteiger partial charge in [-0.2, -0.15) is 0 Å². The standard InChI is InChI=1S/C23H27ClFN3O4/c1-14-7-17(8-15(2)26-14)32-11-21(30)28-23(4)12-22(3,13-23)27-20(29)10-31-16-5-6-18(24)19(25)9-16/h5-9H,10-13H2,1-4H3,(H,27,29)(H,28,30). The average Bonchev–Trinajstić information content (AvgIpc) is 2.65. The number of carbonyl (C=O) groups is 2. The Balaban J connectivity index is 1.42. The van der Waals surface area contributed by atoms with Crippen LogP contribution in [0.1, 0.15) is 38.1 Å². The highest BCUT2D eigenvalue weighted by molar-refractivity contribution is 6.30. The number of amides is 2.